The molecule has 0 aromatic heterocycles. The summed E-state index contributed by atoms with van der Waals surface area (Å²) in [5, 5.41) is 41.3. The van der Waals surface area contributed by atoms with Crippen molar-refractivity contribution in [3.8, 4) is 0 Å². The fourth-order valence-corrected chi connectivity index (χ4v) is 4.29. The normalized spacial score (nSPS) is 16.2. The summed E-state index contributed by atoms with van der Waals surface area (Å²) in [6.45, 7) is 0. The predicted octanol–water partition coefficient (Wildman–Crippen LogP) is 3.22. The van der Waals surface area contributed by atoms with Gasteiger partial charge in [-0.3, -0.25) is 0 Å². The van der Waals surface area contributed by atoms with E-state index in [1.165, 1.54) is 12.1 Å². The molecule has 4 atom stereocenters. The Hall–Kier alpha value is -1.36. The zero-order valence-electron chi connectivity index (χ0n) is 13.4. The summed E-state index contributed by atoms with van der Waals surface area (Å²) in [6.07, 6.45) is 0. The summed E-state index contributed by atoms with van der Waals surface area (Å²) < 4.78 is 0. The Balaban J connectivity index is 2.04. The Morgan fingerprint density at radius 1 is 0.769 bits per heavy atom. The molecule has 0 radical (unpaired) electrons. The molecule has 3 aromatic rings. The Bertz CT molecular complexity index is 915. The van der Waals surface area contributed by atoms with Gasteiger partial charge in [0, 0.05) is 11.6 Å². The number of alkyl halides is 2. The van der Waals surface area contributed by atoms with Gasteiger partial charge in [-0.05, 0) is 22.4 Å². The van der Waals surface area contributed by atoms with Gasteiger partial charge in [-0.15, -0.1) is 0 Å². The molecule has 2 unspecified atom stereocenters. The second kappa shape index (κ2) is 8.12. The molecule has 136 valence electrons. The molecule has 3 aromatic carbocycles. The van der Waals surface area contributed by atoms with E-state index in [2.05, 4.69) is 31.9 Å². The van der Waals surface area contributed by atoms with Crippen LogP contribution >= 0.6 is 31.9 Å². The van der Waals surface area contributed by atoms with Crippen LogP contribution in [0.5, 0.6) is 0 Å². The van der Waals surface area contributed by atoms with E-state index in [1.807, 2.05) is 42.5 Å². The lowest BCUT2D eigenvalue weighted by Gasteiger charge is -2.24. The van der Waals surface area contributed by atoms with Crippen LogP contribution in [0.15, 0.2) is 60.7 Å². The van der Waals surface area contributed by atoms with Crippen LogP contribution in [0.2, 0.25) is 0 Å². The van der Waals surface area contributed by atoms with Gasteiger partial charge in [0.05, 0.1) is 15.7 Å². The van der Waals surface area contributed by atoms with Crippen molar-refractivity contribution < 1.29 is 20.9 Å². The van der Waals surface area contributed by atoms with Crippen LogP contribution in [0.25, 0.3) is 10.8 Å². The van der Waals surface area contributed by atoms with Crippen LogP contribution in [-0.4, -0.2) is 10.4 Å². The van der Waals surface area contributed by atoms with Crippen molar-refractivity contribution in [2.45, 2.75) is 9.65 Å². The minimum Gasteiger partial charge on any atom is -0.595 e. The van der Waals surface area contributed by atoms with Gasteiger partial charge in [-0.25, -0.2) is 10.4 Å². The average molecular weight is 484 g/mol. The second-order valence-corrected chi connectivity index (χ2v) is 7.76. The number of hydrogen-bond acceptors (Lipinski definition) is 4. The fourth-order valence-electron chi connectivity index (χ4n) is 2.92. The first-order valence-electron chi connectivity index (χ1n) is 7.76. The number of hydrogen-bond donors (Lipinski definition) is 4. The van der Waals surface area contributed by atoms with Gasteiger partial charge in [-0.2, -0.15) is 10.5 Å². The average Bonchev–Trinajstić information content (AvgIpc) is 2.65. The van der Waals surface area contributed by atoms with Crippen molar-refractivity contribution in [2.75, 3.05) is 0 Å². The Morgan fingerprint density at radius 2 is 1.42 bits per heavy atom. The smallest absolute Gasteiger partial charge is 0.174 e. The minimum absolute atomic E-state index is 0.0311. The van der Waals surface area contributed by atoms with E-state index in [0.717, 1.165) is 16.3 Å². The highest BCUT2D eigenvalue weighted by Gasteiger charge is 2.27. The molecule has 0 bridgehead atoms. The first-order chi connectivity index (χ1) is 12.4. The molecule has 0 heterocycles. The number of fused-ring (bicyclic) bond motifs is 1. The molecule has 0 fully saturated rings. The number of benzene rings is 3. The Kier molecular flexibility index (Phi) is 6.06. The molecule has 4 N–H and O–H groups in total. The zero-order chi connectivity index (χ0) is 18.8. The van der Waals surface area contributed by atoms with Crippen LogP contribution < -0.4 is 10.5 Å². The van der Waals surface area contributed by atoms with Gasteiger partial charge in [0.15, 0.2) is 11.4 Å². The quantitative estimate of drug-likeness (QED) is 0.331. The van der Waals surface area contributed by atoms with E-state index in [0.29, 0.717) is 5.56 Å². The molecule has 0 spiro atoms. The molecule has 0 amide bonds. The van der Waals surface area contributed by atoms with Crippen molar-refractivity contribution in [3.63, 3.8) is 0 Å². The van der Waals surface area contributed by atoms with Crippen molar-refractivity contribution in [1.82, 2.24) is 0 Å². The molecule has 0 saturated carbocycles. The third-order valence-corrected chi connectivity index (χ3v) is 6.96. The maximum Gasteiger partial charge on any atom is 0.174 e. The SMILES string of the molecule is [O-][NH+](O)c1ccc([C@@H](Br)[C@H](Br)c2cccc3ccccc23)c([NH+]([O-])O)c1. The van der Waals surface area contributed by atoms with E-state index in [4.69, 9.17) is 5.21 Å². The largest absolute Gasteiger partial charge is 0.595 e. The first kappa shape index (κ1) is 19.4. The van der Waals surface area contributed by atoms with E-state index < -0.39 is 10.5 Å². The molecular formula is C18H16Br2N2O4. The number of quaternary nitrogens is 2. The summed E-state index contributed by atoms with van der Waals surface area (Å²) in [5.41, 5.74) is 1.44. The summed E-state index contributed by atoms with van der Waals surface area (Å²) in [5.74, 6) is 0. The van der Waals surface area contributed by atoms with E-state index in [-0.39, 0.29) is 21.0 Å². The second-order valence-electron chi connectivity index (χ2n) is 5.78. The summed E-state index contributed by atoms with van der Waals surface area (Å²) in [6, 6.07) is 18.1. The molecule has 0 aliphatic heterocycles. The van der Waals surface area contributed by atoms with Crippen molar-refractivity contribution in [2.24, 2.45) is 0 Å². The summed E-state index contributed by atoms with van der Waals surface area (Å²) >= 11 is 7.28. The van der Waals surface area contributed by atoms with Crippen LogP contribution in [0.4, 0.5) is 11.4 Å². The third-order valence-electron chi connectivity index (χ3n) is 4.21. The molecule has 6 nitrogen and oxygen atoms in total. The van der Waals surface area contributed by atoms with Crippen LogP contribution in [0, 0.1) is 10.4 Å². The van der Waals surface area contributed by atoms with Crippen molar-refractivity contribution in [1.29, 1.82) is 0 Å². The fraction of sp³-hybridized carbons (Fsp3) is 0.111. The molecule has 26 heavy (non-hydrogen) atoms. The predicted molar refractivity (Wildman–Crippen MR) is 105 cm³/mol. The molecule has 0 aliphatic rings. The van der Waals surface area contributed by atoms with Crippen LogP contribution in [0.1, 0.15) is 20.8 Å². The maximum atomic E-state index is 11.6. The number of rotatable bonds is 5. The van der Waals surface area contributed by atoms with E-state index in [9.17, 15) is 15.6 Å². The van der Waals surface area contributed by atoms with Gasteiger partial charge in [-0.1, -0.05) is 74.3 Å². The number of nitrogens with one attached hydrogen (secondary N) is 2. The topological polar surface area (TPSA) is 95.5 Å². The highest BCUT2D eigenvalue weighted by Crippen LogP contribution is 2.46. The molecule has 8 heteroatoms. The highest BCUT2D eigenvalue weighted by molar-refractivity contribution is 9.12. The van der Waals surface area contributed by atoms with Gasteiger partial charge >= 0.3 is 0 Å². The summed E-state index contributed by atoms with van der Waals surface area (Å²) in [7, 11) is 0. The molecule has 0 saturated heterocycles. The van der Waals surface area contributed by atoms with Gasteiger partial charge in [0.25, 0.3) is 0 Å². The lowest BCUT2D eigenvalue weighted by molar-refractivity contribution is -0.996. The monoisotopic (exact) mass is 482 g/mol. The van der Waals surface area contributed by atoms with Gasteiger partial charge < -0.3 is 10.4 Å². The molecular weight excluding hydrogens is 468 g/mol. The first-order valence-corrected chi connectivity index (χ1v) is 9.59. The highest BCUT2D eigenvalue weighted by atomic mass is 79.9. The Morgan fingerprint density at radius 3 is 2.12 bits per heavy atom. The third kappa shape index (κ3) is 3.83. The lowest BCUT2D eigenvalue weighted by Crippen LogP contribution is -3.01. The lowest BCUT2D eigenvalue weighted by atomic mass is 9.97. The zero-order valence-corrected chi connectivity index (χ0v) is 16.6. The molecule has 0 aliphatic carbocycles. The Labute approximate surface area is 166 Å². The van der Waals surface area contributed by atoms with Gasteiger partial charge in [0.1, 0.15) is 0 Å². The van der Waals surface area contributed by atoms with Crippen LogP contribution in [-0.2, 0) is 0 Å². The molecule has 3 rings (SSSR count). The van der Waals surface area contributed by atoms with E-state index >= 15 is 0 Å². The maximum absolute atomic E-state index is 11.6. The van der Waals surface area contributed by atoms with Crippen molar-refractivity contribution >= 4 is 54.0 Å². The summed E-state index contributed by atoms with van der Waals surface area (Å²) in [4.78, 5) is -0.565. The van der Waals surface area contributed by atoms with Crippen molar-refractivity contribution in [3.05, 3.63) is 82.2 Å². The minimum atomic E-state index is -1.16. The number of halogens is 2. The van der Waals surface area contributed by atoms with E-state index in [1.54, 1.807) is 6.07 Å². The van der Waals surface area contributed by atoms with Gasteiger partial charge in [0.2, 0.25) is 0 Å². The standard InChI is InChI=1S/C18H16Br2N2O4/c19-17(14-7-3-5-11-4-1-2-6-13(11)14)18(20)15-9-8-12(21(23)24)10-16(15)22(25)26/h1-10,17-18,21-23,25H/t17-,18-/m1/s1. The van der Waals surface area contributed by atoms with Crippen LogP contribution in [0.3, 0.4) is 0 Å².